The number of ether oxygens (including phenoxy) is 1. The van der Waals surface area contributed by atoms with Crippen LogP contribution in [0.1, 0.15) is 5.56 Å². The van der Waals surface area contributed by atoms with Crippen LogP contribution in [0.2, 0.25) is 0 Å². The Labute approximate surface area is 126 Å². The van der Waals surface area contributed by atoms with Gasteiger partial charge in [-0.2, -0.15) is 5.10 Å². The zero-order chi connectivity index (χ0) is 15.5. The van der Waals surface area contributed by atoms with Gasteiger partial charge in [0.1, 0.15) is 11.5 Å². The number of hydroxylamine groups is 1. The molecular weight excluding hydrogens is 284 g/mol. The fraction of sp³-hybridized carbons (Fsp3) is 0.133. The Balaban J connectivity index is 1.81. The van der Waals surface area contributed by atoms with E-state index < -0.39 is 5.91 Å². The molecule has 7 nitrogen and oxygen atoms in total. The minimum absolute atomic E-state index is 0.110. The summed E-state index contributed by atoms with van der Waals surface area (Å²) in [6.07, 6.45) is 3.48. The highest BCUT2D eigenvalue weighted by atomic mass is 16.5. The number of aryl methyl sites for hydroxylation is 1. The SMILES string of the molecule is Cn1ncc2c(Oc3ccc(CC(=O)NO)cc3)ccnc21. The molecule has 0 fully saturated rings. The fourth-order valence-corrected chi connectivity index (χ4v) is 2.14. The number of nitrogens with one attached hydrogen (secondary N) is 1. The number of rotatable bonds is 4. The molecule has 7 heteroatoms. The van der Waals surface area contributed by atoms with Gasteiger partial charge in [-0.25, -0.2) is 10.5 Å². The standard InChI is InChI=1S/C15H14N4O3/c1-19-15-12(9-17-19)13(6-7-16-15)22-11-4-2-10(3-5-11)8-14(20)18-21/h2-7,9,21H,8H2,1H3,(H,18,20). The highest BCUT2D eigenvalue weighted by Gasteiger charge is 2.08. The number of hydrogen-bond donors (Lipinski definition) is 2. The maximum atomic E-state index is 11.1. The van der Waals surface area contributed by atoms with E-state index in [0.717, 1.165) is 16.6 Å². The summed E-state index contributed by atoms with van der Waals surface area (Å²) >= 11 is 0. The van der Waals surface area contributed by atoms with Crippen LogP contribution in [0.5, 0.6) is 11.5 Å². The van der Waals surface area contributed by atoms with E-state index in [9.17, 15) is 4.79 Å². The number of aromatic nitrogens is 3. The number of nitrogens with zero attached hydrogens (tertiary/aromatic N) is 3. The van der Waals surface area contributed by atoms with E-state index in [1.165, 1.54) is 0 Å². The van der Waals surface area contributed by atoms with Crippen molar-refractivity contribution in [1.29, 1.82) is 0 Å². The van der Waals surface area contributed by atoms with Crippen molar-refractivity contribution in [1.82, 2.24) is 20.2 Å². The van der Waals surface area contributed by atoms with Crippen molar-refractivity contribution < 1.29 is 14.7 Å². The van der Waals surface area contributed by atoms with Crippen LogP contribution < -0.4 is 10.2 Å². The lowest BCUT2D eigenvalue weighted by atomic mass is 10.1. The predicted molar refractivity (Wildman–Crippen MR) is 78.7 cm³/mol. The Hall–Kier alpha value is -2.93. The third kappa shape index (κ3) is 2.75. The first-order valence-electron chi connectivity index (χ1n) is 6.64. The number of fused-ring (bicyclic) bond motifs is 1. The van der Waals surface area contributed by atoms with E-state index in [4.69, 9.17) is 9.94 Å². The molecule has 0 aliphatic carbocycles. The van der Waals surface area contributed by atoms with E-state index in [1.807, 2.05) is 7.05 Å². The molecule has 0 unspecified atom stereocenters. The van der Waals surface area contributed by atoms with Crippen LogP contribution in [0.3, 0.4) is 0 Å². The van der Waals surface area contributed by atoms with Crippen molar-refractivity contribution in [2.75, 3.05) is 0 Å². The number of carbonyl (C=O) groups excluding carboxylic acids is 1. The fourth-order valence-electron chi connectivity index (χ4n) is 2.14. The summed E-state index contributed by atoms with van der Waals surface area (Å²) in [6.45, 7) is 0. The monoisotopic (exact) mass is 298 g/mol. The molecule has 2 N–H and O–H groups in total. The van der Waals surface area contributed by atoms with E-state index in [-0.39, 0.29) is 6.42 Å². The summed E-state index contributed by atoms with van der Waals surface area (Å²) in [5.74, 6) is 0.850. The first kappa shape index (κ1) is 14.0. The molecule has 0 atom stereocenters. The number of benzene rings is 1. The molecule has 0 spiro atoms. The van der Waals surface area contributed by atoms with Crippen LogP contribution in [-0.2, 0) is 18.3 Å². The van der Waals surface area contributed by atoms with Gasteiger partial charge in [0.25, 0.3) is 0 Å². The molecule has 1 amide bonds. The highest BCUT2D eigenvalue weighted by molar-refractivity contribution is 5.81. The van der Waals surface area contributed by atoms with Crippen LogP contribution in [0.15, 0.2) is 42.7 Å². The van der Waals surface area contributed by atoms with Gasteiger partial charge in [0, 0.05) is 13.2 Å². The molecule has 112 valence electrons. The van der Waals surface area contributed by atoms with Crippen LogP contribution in [0.25, 0.3) is 11.0 Å². The lowest BCUT2D eigenvalue weighted by Gasteiger charge is -2.07. The zero-order valence-corrected chi connectivity index (χ0v) is 11.9. The second-order valence-corrected chi connectivity index (χ2v) is 4.77. The van der Waals surface area contributed by atoms with Gasteiger partial charge in [0.15, 0.2) is 5.65 Å². The normalized spacial score (nSPS) is 10.6. The summed E-state index contributed by atoms with van der Waals surface area (Å²) in [4.78, 5) is 15.3. The molecule has 3 aromatic rings. The Morgan fingerprint density at radius 2 is 2.09 bits per heavy atom. The van der Waals surface area contributed by atoms with Gasteiger partial charge >= 0.3 is 0 Å². The molecule has 2 aromatic heterocycles. The Morgan fingerprint density at radius 1 is 1.32 bits per heavy atom. The zero-order valence-electron chi connectivity index (χ0n) is 11.9. The van der Waals surface area contributed by atoms with Crippen LogP contribution >= 0.6 is 0 Å². The molecule has 0 aliphatic heterocycles. The third-order valence-electron chi connectivity index (χ3n) is 3.24. The summed E-state index contributed by atoms with van der Waals surface area (Å²) in [5, 5.41) is 13.5. The predicted octanol–water partition coefficient (Wildman–Crippen LogP) is 1.81. The number of hydrogen-bond acceptors (Lipinski definition) is 5. The molecule has 0 radical (unpaired) electrons. The van der Waals surface area contributed by atoms with Crippen molar-refractivity contribution in [3.8, 4) is 11.5 Å². The van der Waals surface area contributed by atoms with E-state index >= 15 is 0 Å². The molecule has 0 bridgehead atoms. The van der Waals surface area contributed by atoms with Crippen LogP contribution in [-0.4, -0.2) is 25.9 Å². The molecule has 1 aromatic carbocycles. The average Bonchev–Trinajstić information content (AvgIpc) is 2.92. The third-order valence-corrected chi connectivity index (χ3v) is 3.24. The maximum absolute atomic E-state index is 11.1. The molecule has 3 rings (SSSR count). The number of amides is 1. The summed E-state index contributed by atoms with van der Waals surface area (Å²) in [5.41, 5.74) is 3.13. The first-order valence-corrected chi connectivity index (χ1v) is 6.64. The van der Waals surface area contributed by atoms with E-state index in [1.54, 1.807) is 52.9 Å². The topological polar surface area (TPSA) is 89.3 Å². The average molecular weight is 298 g/mol. The maximum Gasteiger partial charge on any atom is 0.247 e. The number of pyridine rings is 1. The quantitative estimate of drug-likeness (QED) is 0.566. The molecule has 0 aliphatic rings. The van der Waals surface area contributed by atoms with Crippen molar-refractivity contribution in [2.24, 2.45) is 7.05 Å². The first-order chi connectivity index (χ1) is 10.7. The minimum Gasteiger partial charge on any atom is -0.456 e. The molecule has 2 heterocycles. The summed E-state index contributed by atoms with van der Waals surface area (Å²) in [6, 6.07) is 8.85. The Morgan fingerprint density at radius 3 is 2.82 bits per heavy atom. The largest absolute Gasteiger partial charge is 0.456 e. The highest BCUT2D eigenvalue weighted by Crippen LogP contribution is 2.28. The van der Waals surface area contributed by atoms with Gasteiger partial charge in [0.05, 0.1) is 18.0 Å². The van der Waals surface area contributed by atoms with Gasteiger partial charge in [-0.3, -0.25) is 14.7 Å². The van der Waals surface area contributed by atoms with Crippen LogP contribution in [0, 0.1) is 0 Å². The van der Waals surface area contributed by atoms with Gasteiger partial charge in [-0.15, -0.1) is 0 Å². The van der Waals surface area contributed by atoms with Gasteiger partial charge in [-0.1, -0.05) is 12.1 Å². The lowest BCUT2D eigenvalue weighted by Crippen LogP contribution is -2.20. The smallest absolute Gasteiger partial charge is 0.247 e. The molecule has 0 saturated carbocycles. The Kier molecular flexibility index (Phi) is 3.71. The molecular formula is C15H14N4O3. The minimum atomic E-state index is -0.458. The van der Waals surface area contributed by atoms with Gasteiger partial charge < -0.3 is 4.74 Å². The summed E-state index contributed by atoms with van der Waals surface area (Å²) in [7, 11) is 1.82. The van der Waals surface area contributed by atoms with E-state index in [0.29, 0.717) is 11.5 Å². The van der Waals surface area contributed by atoms with Crippen molar-refractivity contribution >= 4 is 16.9 Å². The second kappa shape index (κ2) is 5.82. The van der Waals surface area contributed by atoms with Crippen molar-refractivity contribution in [2.45, 2.75) is 6.42 Å². The van der Waals surface area contributed by atoms with Crippen LogP contribution in [0.4, 0.5) is 0 Å². The second-order valence-electron chi connectivity index (χ2n) is 4.77. The van der Waals surface area contributed by atoms with Crippen molar-refractivity contribution in [3.63, 3.8) is 0 Å². The lowest BCUT2D eigenvalue weighted by molar-refractivity contribution is -0.128. The number of carbonyl (C=O) groups is 1. The summed E-state index contributed by atoms with van der Waals surface area (Å²) < 4.78 is 7.53. The molecule has 22 heavy (non-hydrogen) atoms. The molecule has 0 saturated heterocycles. The Bertz CT molecular complexity index is 811. The van der Waals surface area contributed by atoms with Gasteiger partial charge in [-0.05, 0) is 23.8 Å². The van der Waals surface area contributed by atoms with Crippen molar-refractivity contribution in [3.05, 3.63) is 48.3 Å². The van der Waals surface area contributed by atoms with Gasteiger partial charge in [0.2, 0.25) is 5.91 Å². The van der Waals surface area contributed by atoms with E-state index in [2.05, 4.69) is 10.1 Å².